The predicted octanol–water partition coefficient (Wildman–Crippen LogP) is 1.16. The van der Waals surface area contributed by atoms with Crippen LogP contribution in [0.5, 0.6) is 0 Å². The summed E-state index contributed by atoms with van der Waals surface area (Å²) in [6, 6.07) is 1.97. The van der Waals surface area contributed by atoms with E-state index in [4.69, 9.17) is 10.8 Å². The molecular formula is C9H9F2NO2. The van der Waals surface area contributed by atoms with Crippen LogP contribution in [0.15, 0.2) is 12.1 Å². The summed E-state index contributed by atoms with van der Waals surface area (Å²) in [4.78, 5) is 10.4. The van der Waals surface area contributed by atoms with Gasteiger partial charge in [-0.15, -0.1) is 0 Å². The van der Waals surface area contributed by atoms with E-state index in [1.54, 1.807) is 0 Å². The summed E-state index contributed by atoms with van der Waals surface area (Å²) in [7, 11) is 0. The Morgan fingerprint density at radius 1 is 1.36 bits per heavy atom. The highest BCUT2D eigenvalue weighted by Crippen LogP contribution is 2.15. The van der Waals surface area contributed by atoms with Crippen LogP contribution in [-0.2, 0) is 6.42 Å². The van der Waals surface area contributed by atoms with Crippen LogP contribution in [-0.4, -0.2) is 17.6 Å². The average molecular weight is 201 g/mol. The van der Waals surface area contributed by atoms with Gasteiger partial charge >= 0.3 is 5.97 Å². The molecule has 0 fully saturated rings. The molecule has 0 spiro atoms. The summed E-state index contributed by atoms with van der Waals surface area (Å²) in [5, 5.41) is 8.46. The van der Waals surface area contributed by atoms with E-state index < -0.39 is 23.2 Å². The summed E-state index contributed by atoms with van der Waals surface area (Å²) in [5.41, 5.74) is 4.63. The first-order valence-corrected chi connectivity index (χ1v) is 3.97. The summed E-state index contributed by atoms with van der Waals surface area (Å²) in [6.07, 6.45) is 0.313. The number of carboxylic acids is 1. The fraction of sp³-hybridized carbons (Fsp3) is 0.222. The van der Waals surface area contributed by atoms with Crippen molar-refractivity contribution in [3.63, 3.8) is 0 Å². The molecule has 0 saturated heterocycles. The van der Waals surface area contributed by atoms with E-state index in [1.807, 2.05) is 0 Å². The van der Waals surface area contributed by atoms with E-state index in [1.165, 1.54) is 0 Å². The number of carbonyl (C=O) groups is 1. The molecule has 0 bridgehead atoms. The van der Waals surface area contributed by atoms with Crippen molar-refractivity contribution in [2.24, 2.45) is 5.73 Å². The van der Waals surface area contributed by atoms with Gasteiger partial charge in [0.15, 0.2) is 0 Å². The normalized spacial score (nSPS) is 10.2. The molecule has 0 amide bonds. The number of halogens is 2. The highest BCUT2D eigenvalue weighted by molar-refractivity contribution is 5.88. The Morgan fingerprint density at radius 2 is 1.86 bits per heavy atom. The van der Waals surface area contributed by atoms with Gasteiger partial charge < -0.3 is 10.8 Å². The van der Waals surface area contributed by atoms with E-state index in [9.17, 15) is 13.6 Å². The van der Waals surface area contributed by atoms with Gasteiger partial charge in [-0.05, 0) is 30.7 Å². The lowest BCUT2D eigenvalue weighted by Gasteiger charge is -2.03. The molecule has 0 saturated carbocycles. The molecular weight excluding hydrogens is 192 g/mol. The fourth-order valence-electron chi connectivity index (χ4n) is 1.14. The topological polar surface area (TPSA) is 63.3 Å². The van der Waals surface area contributed by atoms with Crippen LogP contribution < -0.4 is 5.73 Å². The minimum absolute atomic E-state index is 0.255. The van der Waals surface area contributed by atoms with Crippen LogP contribution in [0, 0.1) is 11.6 Å². The summed E-state index contributed by atoms with van der Waals surface area (Å²) in [6.45, 7) is 0.255. The maximum absolute atomic E-state index is 13.0. The van der Waals surface area contributed by atoms with E-state index in [-0.39, 0.29) is 6.54 Å². The molecule has 0 aliphatic heterocycles. The van der Waals surface area contributed by atoms with Gasteiger partial charge in [0.2, 0.25) is 0 Å². The minimum atomic E-state index is -1.61. The molecule has 0 heterocycles. The molecule has 76 valence electrons. The third kappa shape index (κ3) is 2.05. The number of nitrogens with two attached hydrogens (primary N) is 1. The van der Waals surface area contributed by atoms with Gasteiger partial charge in [-0.3, -0.25) is 0 Å². The third-order valence-electron chi connectivity index (χ3n) is 1.75. The quantitative estimate of drug-likeness (QED) is 0.771. The van der Waals surface area contributed by atoms with Gasteiger partial charge in [0.05, 0.1) is 0 Å². The van der Waals surface area contributed by atoms with Gasteiger partial charge in [-0.25, -0.2) is 13.6 Å². The molecule has 0 aromatic heterocycles. The smallest absolute Gasteiger partial charge is 0.341 e. The number of aromatic carboxylic acids is 1. The molecule has 5 heteroatoms. The Bertz CT molecular complexity index is 343. The molecule has 0 unspecified atom stereocenters. The predicted molar refractivity (Wildman–Crippen MR) is 46.1 cm³/mol. The van der Waals surface area contributed by atoms with Crippen LogP contribution in [0.1, 0.15) is 15.9 Å². The second-order valence-electron chi connectivity index (χ2n) is 2.78. The van der Waals surface area contributed by atoms with Gasteiger partial charge in [0, 0.05) is 0 Å². The molecule has 3 nitrogen and oxygen atoms in total. The molecule has 0 aliphatic rings. The molecule has 0 radical (unpaired) electrons. The Kier molecular flexibility index (Phi) is 3.14. The largest absolute Gasteiger partial charge is 0.477 e. The molecule has 0 atom stereocenters. The molecule has 1 rings (SSSR count). The first kappa shape index (κ1) is 10.6. The molecule has 1 aromatic carbocycles. The monoisotopic (exact) mass is 201 g/mol. The lowest BCUT2D eigenvalue weighted by molar-refractivity contribution is 0.0686. The Labute approximate surface area is 79.2 Å². The molecule has 3 N–H and O–H groups in total. The summed E-state index contributed by atoms with van der Waals surface area (Å²) >= 11 is 0. The number of hydrogen-bond donors (Lipinski definition) is 2. The number of carboxylic acid groups (broad SMARTS) is 1. The highest BCUT2D eigenvalue weighted by atomic mass is 19.1. The van der Waals surface area contributed by atoms with Crippen LogP contribution in [0.25, 0.3) is 0 Å². The van der Waals surface area contributed by atoms with Crippen molar-refractivity contribution >= 4 is 5.97 Å². The Hall–Kier alpha value is -1.49. The maximum atomic E-state index is 13.0. The number of rotatable bonds is 3. The van der Waals surface area contributed by atoms with Crippen molar-refractivity contribution in [3.8, 4) is 0 Å². The van der Waals surface area contributed by atoms with Gasteiger partial charge in [0.1, 0.15) is 17.2 Å². The zero-order chi connectivity index (χ0) is 10.7. The summed E-state index contributed by atoms with van der Waals surface area (Å²) in [5.74, 6) is -3.75. The van der Waals surface area contributed by atoms with E-state index in [2.05, 4.69) is 0 Å². The number of hydrogen-bond acceptors (Lipinski definition) is 2. The summed E-state index contributed by atoms with van der Waals surface area (Å²) < 4.78 is 26.0. The highest BCUT2D eigenvalue weighted by Gasteiger charge is 2.17. The zero-order valence-corrected chi connectivity index (χ0v) is 7.26. The first-order valence-electron chi connectivity index (χ1n) is 3.97. The lowest BCUT2D eigenvalue weighted by Crippen LogP contribution is -2.08. The van der Waals surface area contributed by atoms with Gasteiger partial charge in [0.25, 0.3) is 0 Å². The maximum Gasteiger partial charge on any atom is 0.341 e. The number of benzene rings is 1. The van der Waals surface area contributed by atoms with Crippen molar-refractivity contribution in [2.45, 2.75) is 6.42 Å². The van der Waals surface area contributed by atoms with Crippen molar-refractivity contribution < 1.29 is 18.7 Å². The van der Waals surface area contributed by atoms with Crippen LogP contribution in [0.2, 0.25) is 0 Å². The average Bonchev–Trinajstić information content (AvgIpc) is 2.01. The second kappa shape index (κ2) is 4.15. The first-order chi connectivity index (χ1) is 6.56. The molecule has 0 aliphatic carbocycles. The lowest BCUT2D eigenvalue weighted by atomic mass is 10.1. The van der Waals surface area contributed by atoms with Crippen LogP contribution >= 0.6 is 0 Å². The zero-order valence-electron chi connectivity index (χ0n) is 7.26. The van der Waals surface area contributed by atoms with Gasteiger partial charge in [-0.1, -0.05) is 0 Å². The van der Waals surface area contributed by atoms with Crippen LogP contribution in [0.3, 0.4) is 0 Å². The van der Waals surface area contributed by atoms with Crippen molar-refractivity contribution in [2.75, 3.05) is 6.54 Å². The standard InChI is InChI=1S/C9H9F2NO2/c10-6-3-5(1-2-12)4-7(11)8(6)9(13)14/h3-4H,1-2,12H2,(H,13,14). The Morgan fingerprint density at radius 3 is 2.21 bits per heavy atom. The van der Waals surface area contributed by atoms with Crippen molar-refractivity contribution in [1.82, 2.24) is 0 Å². The fourth-order valence-corrected chi connectivity index (χ4v) is 1.14. The third-order valence-corrected chi connectivity index (χ3v) is 1.75. The second-order valence-corrected chi connectivity index (χ2v) is 2.78. The van der Waals surface area contributed by atoms with Crippen molar-refractivity contribution in [3.05, 3.63) is 34.9 Å². The SMILES string of the molecule is NCCc1cc(F)c(C(=O)O)c(F)c1. The molecule has 14 heavy (non-hydrogen) atoms. The van der Waals surface area contributed by atoms with Crippen LogP contribution in [0.4, 0.5) is 8.78 Å². The minimum Gasteiger partial charge on any atom is -0.477 e. The Balaban J connectivity index is 3.18. The van der Waals surface area contributed by atoms with Crippen molar-refractivity contribution in [1.29, 1.82) is 0 Å². The van der Waals surface area contributed by atoms with Gasteiger partial charge in [-0.2, -0.15) is 0 Å². The molecule has 1 aromatic rings. The van der Waals surface area contributed by atoms with E-state index in [0.717, 1.165) is 12.1 Å². The van der Waals surface area contributed by atoms with E-state index in [0.29, 0.717) is 12.0 Å². The van der Waals surface area contributed by atoms with E-state index >= 15 is 0 Å².